The molecule has 1 aliphatic rings. The van der Waals surface area contributed by atoms with E-state index < -0.39 is 0 Å². The van der Waals surface area contributed by atoms with E-state index in [0.29, 0.717) is 0 Å². The molecule has 2 rings (SSSR count). The van der Waals surface area contributed by atoms with Gasteiger partial charge < -0.3 is 10.1 Å². The van der Waals surface area contributed by atoms with Crippen LogP contribution in [0.15, 0.2) is 6.20 Å². The van der Waals surface area contributed by atoms with Crippen LogP contribution in [0.5, 0.6) is 5.19 Å². The van der Waals surface area contributed by atoms with Gasteiger partial charge in [-0.2, -0.15) is 0 Å². The molecule has 0 unspecified atom stereocenters. The van der Waals surface area contributed by atoms with Gasteiger partial charge in [0.05, 0.1) is 7.11 Å². The van der Waals surface area contributed by atoms with Crippen LogP contribution in [-0.4, -0.2) is 25.2 Å². The van der Waals surface area contributed by atoms with E-state index in [4.69, 9.17) is 4.74 Å². The Morgan fingerprint density at radius 3 is 3.00 bits per heavy atom. The van der Waals surface area contributed by atoms with Gasteiger partial charge in [0.1, 0.15) is 0 Å². The SMILES string of the molecule is COc1ncc(CC2CCNCC2)s1. The molecule has 0 aromatic carbocycles. The maximum Gasteiger partial charge on any atom is 0.273 e. The summed E-state index contributed by atoms with van der Waals surface area (Å²) in [6.45, 7) is 2.33. The molecule has 0 radical (unpaired) electrons. The number of piperidine rings is 1. The minimum Gasteiger partial charge on any atom is -0.473 e. The summed E-state index contributed by atoms with van der Waals surface area (Å²) in [5.74, 6) is 0.835. The van der Waals surface area contributed by atoms with Crippen molar-refractivity contribution < 1.29 is 4.74 Å². The van der Waals surface area contributed by atoms with E-state index >= 15 is 0 Å². The lowest BCUT2D eigenvalue weighted by Crippen LogP contribution is -2.28. The zero-order chi connectivity index (χ0) is 9.80. The number of aromatic nitrogens is 1. The third-order valence-corrected chi connectivity index (χ3v) is 3.64. The molecule has 1 saturated heterocycles. The van der Waals surface area contributed by atoms with Crippen LogP contribution in [0.25, 0.3) is 0 Å². The quantitative estimate of drug-likeness (QED) is 0.828. The topological polar surface area (TPSA) is 34.1 Å². The summed E-state index contributed by atoms with van der Waals surface area (Å²) >= 11 is 1.67. The van der Waals surface area contributed by atoms with E-state index in [1.54, 1.807) is 18.4 Å². The van der Waals surface area contributed by atoms with Crippen molar-refractivity contribution in [3.63, 3.8) is 0 Å². The molecule has 4 heteroatoms. The highest BCUT2D eigenvalue weighted by atomic mass is 32.1. The molecular formula is C10H16N2OS. The lowest BCUT2D eigenvalue weighted by molar-refractivity contribution is 0.374. The number of hydrogen-bond donors (Lipinski definition) is 1. The van der Waals surface area contributed by atoms with Gasteiger partial charge in [0.25, 0.3) is 5.19 Å². The monoisotopic (exact) mass is 212 g/mol. The van der Waals surface area contributed by atoms with Crippen molar-refractivity contribution >= 4 is 11.3 Å². The molecule has 2 heterocycles. The number of nitrogens with one attached hydrogen (secondary N) is 1. The smallest absolute Gasteiger partial charge is 0.273 e. The predicted molar refractivity (Wildman–Crippen MR) is 58.0 cm³/mol. The minimum absolute atomic E-state index is 0.786. The van der Waals surface area contributed by atoms with Gasteiger partial charge in [0.15, 0.2) is 0 Å². The normalized spacial score (nSPS) is 18.4. The molecular weight excluding hydrogens is 196 g/mol. The molecule has 14 heavy (non-hydrogen) atoms. The van der Waals surface area contributed by atoms with E-state index in [9.17, 15) is 0 Å². The first-order valence-electron chi connectivity index (χ1n) is 5.08. The maximum atomic E-state index is 5.08. The Hall–Kier alpha value is -0.610. The zero-order valence-electron chi connectivity index (χ0n) is 8.45. The van der Waals surface area contributed by atoms with Crippen molar-refractivity contribution in [3.8, 4) is 5.19 Å². The second kappa shape index (κ2) is 4.75. The van der Waals surface area contributed by atoms with E-state index in [2.05, 4.69) is 10.3 Å². The van der Waals surface area contributed by atoms with E-state index in [0.717, 1.165) is 11.1 Å². The summed E-state index contributed by atoms with van der Waals surface area (Å²) in [7, 11) is 1.67. The standard InChI is InChI=1S/C10H16N2OS/c1-13-10-12-7-9(14-10)6-8-2-4-11-5-3-8/h7-8,11H,2-6H2,1H3. The third kappa shape index (κ3) is 2.45. The molecule has 0 saturated carbocycles. The molecule has 1 aromatic heterocycles. The fraction of sp³-hybridized carbons (Fsp3) is 0.700. The van der Waals surface area contributed by atoms with Crippen molar-refractivity contribution in [1.29, 1.82) is 0 Å². The van der Waals surface area contributed by atoms with Gasteiger partial charge in [-0.1, -0.05) is 11.3 Å². The largest absolute Gasteiger partial charge is 0.473 e. The molecule has 1 aliphatic heterocycles. The van der Waals surface area contributed by atoms with Crippen LogP contribution in [0.2, 0.25) is 0 Å². The van der Waals surface area contributed by atoms with E-state index in [1.165, 1.54) is 37.2 Å². The second-order valence-electron chi connectivity index (χ2n) is 3.69. The van der Waals surface area contributed by atoms with Gasteiger partial charge in [0, 0.05) is 11.1 Å². The summed E-state index contributed by atoms with van der Waals surface area (Å²) in [4.78, 5) is 5.54. The highest BCUT2D eigenvalue weighted by Gasteiger charge is 2.14. The molecule has 0 amide bonds. The summed E-state index contributed by atoms with van der Waals surface area (Å²) in [6.07, 6.45) is 5.70. The van der Waals surface area contributed by atoms with Crippen LogP contribution in [-0.2, 0) is 6.42 Å². The Morgan fingerprint density at radius 1 is 1.57 bits per heavy atom. The van der Waals surface area contributed by atoms with Crippen molar-refractivity contribution in [2.45, 2.75) is 19.3 Å². The lowest BCUT2D eigenvalue weighted by atomic mass is 9.94. The molecule has 0 spiro atoms. The second-order valence-corrected chi connectivity index (χ2v) is 4.77. The summed E-state index contributed by atoms with van der Waals surface area (Å²) in [5.41, 5.74) is 0. The molecule has 1 fully saturated rings. The lowest BCUT2D eigenvalue weighted by Gasteiger charge is -2.21. The van der Waals surface area contributed by atoms with Crippen LogP contribution in [0.3, 0.4) is 0 Å². The van der Waals surface area contributed by atoms with Gasteiger partial charge in [0.2, 0.25) is 0 Å². The summed E-state index contributed by atoms with van der Waals surface area (Å²) < 4.78 is 5.08. The average Bonchev–Trinajstić information content (AvgIpc) is 2.67. The number of thiazole rings is 1. The van der Waals surface area contributed by atoms with Crippen LogP contribution in [0.1, 0.15) is 17.7 Å². The van der Waals surface area contributed by atoms with Gasteiger partial charge in [-0.25, -0.2) is 4.98 Å². The van der Waals surface area contributed by atoms with Crippen molar-refractivity contribution in [1.82, 2.24) is 10.3 Å². The van der Waals surface area contributed by atoms with Gasteiger partial charge in [-0.15, -0.1) is 0 Å². The first-order valence-corrected chi connectivity index (χ1v) is 5.89. The molecule has 1 aromatic rings. The Morgan fingerprint density at radius 2 is 2.36 bits per heavy atom. The molecule has 1 N–H and O–H groups in total. The Bertz CT molecular complexity index is 281. The van der Waals surface area contributed by atoms with Gasteiger partial charge >= 0.3 is 0 Å². The number of rotatable bonds is 3. The highest BCUT2D eigenvalue weighted by molar-refractivity contribution is 7.13. The Kier molecular flexibility index (Phi) is 3.37. The van der Waals surface area contributed by atoms with Crippen molar-refractivity contribution in [2.24, 2.45) is 5.92 Å². The van der Waals surface area contributed by atoms with Crippen molar-refractivity contribution in [3.05, 3.63) is 11.1 Å². The molecule has 3 nitrogen and oxygen atoms in total. The van der Waals surface area contributed by atoms with E-state index in [-0.39, 0.29) is 0 Å². The van der Waals surface area contributed by atoms with Crippen molar-refractivity contribution in [2.75, 3.05) is 20.2 Å². The van der Waals surface area contributed by atoms with Crippen LogP contribution < -0.4 is 10.1 Å². The number of hydrogen-bond acceptors (Lipinski definition) is 4. The van der Waals surface area contributed by atoms with Crippen LogP contribution >= 0.6 is 11.3 Å². The van der Waals surface area contributed by atoms with E-state index in [1.807, 2.05) is 6.20 Å². The Balaban J connectivity index is 1.89. The summed E-state index contributed by atoms with van der Waals surface area (Å²) in [5, 5.41) is 4.17. The predicted octanol–water partition coefficient (Wildman–Crippen LogP) is 1.69. The Labute approximate surface area is 88.5 Å². The van der Waals surface area contributed by atoms with Gasteiger partial charge in [-0.3, -0.25) is 0 Å². The first kappa shape index (κ1) is 9.93. The number of nitrogens with zero attached hydrogens (tertiary/aromatic N) is 1. The molecule has 0 bridgehead atoms. The fourth-order valence-electron chi connectivity index (χ4n) is 1.85. The molecule has 0 atom stereocenters. The molecule has 0 aliphatic carbocycles. The zero-order valence-corrected chi connectivity index (χ0v) is 9.27. The highest BCUT2D eigenvalue weighted by Crippen LogP contribution is 2.25. The van der Waals surface area contributed by atoms with Gasteiger partial charge in [-0.05, 0) is 38.3 Å². The van der Waals surface area contributed by atoms with Crippen LogP contribution in [0.4, 0.5) is 0 Å². The first-order chi connectivity index (χ1) is 6.88. The minimum atomic E-state index is 0.786. The third-order valence-electron chi connectivity index (χ3n) is 2.66. The fourth-order valence-corrected chi connectivity index (χ4v) is 2.69. The summed E-state index contributed by atoms with van der Waals surface area (Å²) in [6, 6.07) is 0. The molecule has 78 valence electrons. The number of ether oxygens (including phenoxy) is 1. The van der Waals surface area contributed by atoms with Crippen LogP contribution in [0, 0.1) is 5.92 Å². The maximum absolute atomic E-state index is 5.08. The number of methoxy groups -OCH3 is 1. The average molecular weight is 212 g/mol.